The molecular weight excluding hydrogens is 346 g/mol. The van der Waals surface area contributed by atoms with Crippen molar-refractivity contribution in [3.8, 4) is 11.5 Å². The lowest BCUT2D eigenvalue weighted by Crippen LogP contribution is -2.14. The first kappa shape index (κ1) is 18.6. The van der Waals surface area contributed by atoms with Gasteiger partial charge in [-0.1, -0.05) is 0 Å². The minimum Gasteiger partial charge on any atom is -0.494 e. The number of benzene rings is 2. The van der Waals surface area contributed by atoms with Crippen LogP contribution >= 0.6 is 0 Å². The van der Waals surface area contributed by atoms with E-state index in [0.717, 1.165) is 0 Å². The Hall–Kier alpha value is -2.74. The lowest BCUT2D eigenvalue weighted by atomic mass is 10.2. The predicted octanol–water partition coefficient (Wildman–Crippen LogP) is 2.98. The van der Waals surface area contributed by atoms with Crippen LogP contribution in [0.5, 0.6) is 11.5 Å². The van der Waals surface area contributed by atoms with Crippen molar-refractivity contribution in [2.45, 2.75) is 18.7 Å². The third-order valence-corrected chi connectivity index (χ3v) is 4.60. The maximum atomic E-state index is 12.6. The van der Waals surface area contributed by atoms with Gasteiger partial charge in [0.15, 0.2) is 0 Å². The number of sulfonamides is 1. The van der Waals surface area contributed by atoms with E-state index in [4.69, 9.17) is 14.6 Å². The van der Waals surface area contributed by atoms with E-state index in [1.54, 1.807) is 19.1 Å². The van der Waals surface area contributed by atoms with Crippen LogP contribution in [0.4, 0.5) is 5.69 Å². The number of anilines is 1. The Morgan fingerprint density at radius 3 is 2.24 bits per heavy atom. The molecule has 0 aliphatic carbocycles. The van der Waals surface area contributed by atoms with Gasteiger partial charge in [-0.2, -0.15) is 0 Å². The van der Waals surface area contributed by atoms with Crippen LogP contribution in [-0.4, -0.2) is 32.7 Å². The number of aromatic carboxylic acids is 1. The summed E-state index contributed by atoms with van der Waals surface area (Å²) >= 11 is 0. The molecule has 2 N–H and O–H groups in total. The molecule has 0 saturated carbocycles. The first-order chi connectivity index (χ1) is 11.9. The number of nitrogens with one attached hydrogen (secondary N) is 1. The summed E-state index contributed by atoms with van der Waals surface area (Å²) in [7, 11) is -3.91. The molecule has 0 atom stereocenters. The Labute approximate surface area is 146 Å². The fraction of sp³-hybridized carbons (Fsp3) is 0.235. The average Bonchev–Trinajstić information content (AvgIpc) is 2.57. The standard InChI is InChI=1S/C17H19NO6S/c1-3-23-13-7-10-16(24-4-2)15(11-13)18-25(21,22)14-8-5-12(6-9-14)17(19)20/h5-11,18H,3-4H2,1-2H3,(H,19,20). The van der Waals surface area contributed by atoms with Gasteiger partial charge in [-0.15, -0.1) is 0 Å². The Kier molecular flexibility index (Phi) is 5.87. The zero-order chi connectivity index (χ0) is 18.4. The summed E-state index contributed by atoms with van der Waals surface area (Å²) in [4.78, 5) is 10.8. The highest BCUT2D eigenvalue weighted by Gasteiger charge is 2.18. The van der Waals surface area contributed by atoms with Gasteiger partial charge in [0.25, 0.3) is 10.0 Å². The summed E-state index contributed by atoms with van der Waals surface area (Å²) in [6, 6.07) is 9.79. The first-order valence-electron chi connectivity index (χ1n) is 7.63. The van der Waals surface area contributed by atoms with Crippen LogP contribution in [-0.2, 0) is 10.0 Å². The van der Waals surface area contributed by atoms with Gasteiger partial charge in [0, 0.05) is 6.07 Å². The molecule has 2 aromatic rings. The molecule has 0 aliphatic rings. The Bertz CT molecular complexity index is 846. The molecule has 134 valence electrons. The van der Waals surface area contributed by atoms with Crippen LogP contribution in [0.1, 0.15) is 24.2 Å². The molecule has 2 rings (SSSR count). The summed E-state index contributed by atoms with van der Waals surface area (Å²) in [5.74, 6) is -0.249. The zero-order valence-corrected chi connectivity index (χ0v) is 14.7. The third-order valence-electron chi connectivity index (χ3n) is 3.22. The molecule has 0 radical (unpaired) electrons. The van der Waals surface area contributed by atoms with E-state index in [1.165, 1.54) is 30.3 Å². The van der Waals surface area contributed by atoms with E-state index < -0.39 is 16.0 Å². The number of carboxylic acid groups (broad SMARTS) is 1. The largest absolute Gasteiger partial charge is 0.494 e. The Morgan fingerprint density at radius 1 is 1.04 bits per heavy atom. The van der Waals surface area contributed by atoms with E-state index in [0.29, 0.717) is 24.7 Å². The maximum Gasteiger partial charge on any atom is 0.335 e. The minimum absolute atomic E-state index is 0.00676. The molecule has 7 nitrogen and oxygen atoms in total. The van der Waals surface area contributed by atoms with Crippen molar-refractivity contribution in [3.63, 3.8) is 0 Å². The highest BCUT2D eigenvalue weighted by Crippen LogP contribution is 2.31. The molecule has 0 heterocycles. The van der Waals surface area contributed by atoms with Crippen LogP contribution < -0.4 is 14.2 Å². The van der Waals surface area contributed by atoms with Crippen molar-refractivity contribution in [1.82, 2.24) is 0 Å². The van der Waals surface area contributed by atoms with Gasteiger partial charge in [-0.05, 0) is 50.2 Å². The van der Waals surface area contributed by atoms with E-state index in [-0.39, 0.29) is 16.1 Å². The molecule has 0 fully saturated rings. The number of carbonyl (C=O) groups is 1. The van der Waals surface area contributed by atoms with Crippen LogP contribution in [0.2, 0.25) is 0 Å². The monoisotopic (exact) mass is 365 g/mol. The van der Waals surface area contributed by atoms with Crippen LogP contribution in [0.3, 0.4) is 0 Å². The summed E-state index contributed by atoms with van der Waals surface area (Å²) in [6.45, 7) is 4.43. The van der Waals surface area contributed by atoms with E-state index in [1.807, 2.05) is 6.92 Å². The maximum absolute atomic E-state index is 12.6. The van der Waals surface area contributed by atoms with E-state index in [2.05, 4.69) is 4.72 Å². The second-order valence-electron chi connectivity index (χ2n) is 4.96. The topological polar surface area (TPSA) is 102 Å². The summed E-state index contributed by atoms with van der Waals surface area (Å²) < 4.78 is 38.4. The smallest absolute Gasteiger partial charge is 0.335 e. The summed E-state index contributed by atoms with van der Waals surface area (Å²) in [6.07, 6.45) is 0. The van der Waals surface area contributed by atoms with E-state index >= 15 is 0 Å². The normalized spacial score (nSPS) is 11.0. The molecule has 8 heteroatoms. The third kappa shape index (κ3) is 4.63. The van der Waals surface area contributed by atoms with Crippen molar-refractivity contribution >= 4 is 21.7 Å². The van der Waals surface area contributed by atoms with E-state index in [9.17, 15) is 13.2 Å². The number of hydrogen-bond donors (Lipinski definition) is 2. The van der Waals surface area contributed by atoms with Crippen LogP contribution in [0.15, 0.2) is 47.4 Å². The van der Waals surface area contributed by atoms with Crippen molar-refractivity contribution < 1.29 is 27.8 Å². The highest BCUT2D eigenvalue weighted by molar-refractivity contribution is 7.92. The fourth-order valence-corrected chi connectivity index (χ4v) is 3.17. The molecule has 0 amide bonds. The van der Waals surface area contributed by atoms with Gasteiger partial charge in [0.1, 0.15) is 11.5 Å². The lowest BCUT2D eigenvalue weighted by Gasteiger charge is -2.14. The average molecular weight is 365 g/mol. The molecular formula is C17H19NO6S. The number of hydrogen-bond acceptors (Lipinski definition) is 5. The second kappa shape index (κ2) is 7.89. The SMILES string of the molecule is CCOc1ccc(OCC)c(NS(=O)(=O)c2ccc(C(=O)O)cc2)c1. The molecule has 0 saturated heterocycles. The van der Waals surface area contributed by atoms with Crippen LogP contribution in [0.25, 0.3) is 0 Å². The number of rotatable bonds is 8. The lowest BCUT2D eigenvalue weighted by molar-refractivity contribution is 0.0696. The molecule has 0 spiro atoms. The molecule has 0 unspecified atom stereocenters. The van der Waals surface area contributed by atoms with Gasteiger partial charge < -0.3 is 14.6 Å². The predicted molar refractivity (Wildman–Crippen MR) is 93.0 cm³/mol. The number of ether oxygens (including phenoxy) is 2. The molecule has 25 heavy (non-hydrogen) atoms. The van der Waals surface area contributed by atoms with Gasteiger partial charge in [-0.25, -0.2) is 13.2 Å². The molecule has 0 aromatic heterocycles. The Morgan fingerprint density at radius 2 is 1.68 bits per heavy atom. The van der Waals surface area contributed by atoms with Crippen molar-refractivity contribution in [3.05, 3.63) is 48.0 Å². The molecule has 0 aliphatic heterocycles. The fourth-order valence-electron chi connectivity index (χ4n) is 2.11. The molecule has 2 aromatic carbocycles. The quantitative estimate of drug-likeness (QED) is 0.746. The van der Waals surface area contributed by atoms with Gasteiger partial charge in [0.2, 0.25) is 0 Å². The van der Waals surface area contributed by atoms with Crippen molar-refractivity contribution in [1.29, 1.82) is 0 Å². The van der Waals surface area contributed by atoms with Gasteiger partial charge in [-0.3, -0.25) is 4.72 Å². The number of carboxylic acids is 1. The van der Waals surface area contributed by atoms with Crippen molar-refractivity contribution in [2.24, 2.45) is 0 Å². The minimum atomic E-state index is -3.91. The van der Waals surface area contributed by atoms with Gasteiger partial charge in [0.05, 0.1) is 29.4 Å². The van der Waals surface area contributed by atoms with Crippen LogP contribution in [0, 0.1) is 0 Å². The van der Waals surface area contributed by atoms with Gasteiger partial charge >= 0.3 is 5.97 Å². The second-order valence-corrected chi connectivity index (χ2v) is 6.64. The highest BCUT2D eigenvalue weighted by atomic mass is 32.2. The molecule has 0 bridgehead atoms. The summed E-state index contributed by atoms with van der Waals surface area (Å²) in [5.41, 5.74) is 0.252. The first-order valence-corrected chi connectivity index (χ1v) is 9.11. The zero-order valence-electron chi connectivity index (χ0n) is 13.9. The summed E-state index contributed by atoms with van der Waals surface area (Å²) in [5, 5.41) is 8.89. The Balaban J connectivity index is 2.35. The van der Waals surface area contributed by atoms with Crippen molar-refractivity contribution in [2.75, 3.05) is 17.9 Å².